The predicted octanol–water partition coefficient (Wildman–Crippen LogP) is 3.64. The number of ether oxygens (including phenoxy) is 1. The van der Waals surface area contributed by atoms with E-state index < -0.39 is 23.3 Å². The number of aryl methyl sites for hydroxylation is 1. The molecule has 1 aliphatic carbocycles. The summed E-state index contributed by atoms with van der Waals surface area (Å²) in [6.07, 6.45) is 1.37. The summed E-state index contributed by atoms with van der Waals surface area (Å²) >= 11 is 1.67. The summed E-state index contributed by atoms with van der Waals surface area (Å²) in [4.78, 5) is 28.2. The summed E-state index contributed by atoms with van der Waals surface area (Å²) in [6, 6.07) is 9.77. The van der Waals surface area contributed by atoms with Crippen molar-refractivity contribution in [3.8, 4) is 6.07 Å². The van der Waals surface area contributed by atoms with E-state index in [1.54, 1.807) is 11.8 Å². The number of likely N-dealkylation sites (tertiary alicyclic amines) is 1. The minimum atomic E-state index is -0.751. The molecule has 0 aromatic heterocycles. The summed E-state index contributed by atoms with van der Waals surface area (Å²) in [7, 11) is 0. The molecule has 2 aliphatic rings. The van der Waals surface area contributed by atoms with Gasteiger partial charge in [0.25, 0.3) is 0 Å². The standard InChI is InChI=1S/C21H27N3O3S/c1-14-5-7-15(8-6-14)28-16-11-17(18(25)23-21(13-22)9-10-21)24(12-16)19(26)27-20(2,3)4/h5-8,16-17H,9-12H2,1-4H3,(H,23,25)/t16-,17+/m1/s1. The number of benzene rings is 1. The van der Waals surface area contributed by atoms with Gasteiger partial charge in [0.2, 0.25) is 5.91 Å². The molecule has 2 amide bonds. The third kappa shape index (κ3) is 4.99. The highest BCUT2D eigenvalue weighted by Gasteiger charge is 2.49. The van der Waals surface area contributed by atoms with Crippen LogP contribution in [0.1, 0.15) is 45.6 Å². The predicted molar refractivity (Wildman–Crippen MR) is 108 cm³/mol. The zero-order chi connectivity index (χ0) is 20.5. The van der Waals surface area contributed by atoms with Crippen LogP contribution >= 0.6 is 11.8 Å². The molecular weight excluding hydrogens is 374 g/mol. The maximum Gasteiger partial charge on any atom is 0.411 e. The fraction of sp³-hybridized carbons (Fsp3) is 0.571. The Labute approximate surface area is 170 Å². The van der Waals surface area contributed by atoms with Gasteiger partial charge in [0, 0.05) is 16.7 Å². The first-order valence-electron chi connectivity index (χ1n) is 9.57. The second kappa shape index (κ2) is 7.67. The van der Waals surface area contributed by atoms with Gasteiger partial charge in [0.15, 0.2) is 0 Å². The second-order valence-electron chi connectivity index (χ2n) is 8.62. The minimum absolute atomic E-state index is 0.0863. The van der Waals surface area contributed by atoms with Crippen molar-refractivity contribution in [1.29, 1.82) is 5.26 Å². The maximum atomic E-state index is 12.9. The van der Waals surface area contributed by atoms with Crippen LogP contribution in [0.15, 0.2) is 29.2 Å². The van der Waals surface area contributed by atoms with Crippen molar-refractivity contribution in [2.75, 3.05) is 6.54 Å². The molecule has 1 saturated heterocycles. The highest BCUT2D eigenvalue weighted by Crippen LogP contribution is 2.37. The lowest BCUT2D eigenvalue weighted by atomic mass is 10.2. The van der Waals surface area contributed by atoms with Gasteiger partial charge in [-0.1, -0.05) is 17.7 Å². The number of rotatable bonds is 4. The maximum absolute atomic E-state index is 12.9. The molecule has 0 radical (unpaired) electrons. The largest absolute Gasteiger partial charge is 0.444 e. The van der Waals surface area contributed by atoms with E-state index in [1.807, 2.05) is 27.7 Å². The molecule has 1 saturated carbocycles. The van der Waals surface area contributed by atoms with Crippen LogP contribution in [0.2, 0.25) is 0 Å². The fourth-order valence-electron chi connectivity index (χ4n) is 3.17. The first-order chi connectivity index (χ1) is 13.1. The molecular formula is C21H27N3O3S. The zero-order valence-electron chi connectivity index (χ0n) is 16.8. The number of nitriles is 1. The van der Waals surface area contributed by atoms with Gasteiger partial charge in [-0.15, -0.1) is 11.8 Å². The van der Waals surface area contributed by atoms with Crippen LogP contribution in [0.5, 0.6) is 0 Å². The number of thioether (sulfide) groups is 1. The lowest BCUT2D eigenvalue weighted by Gasteiger charge is -2.28. The summed E-state index contributed by atoms with van der Waals surface area (Å²) in [6.45, 7) is 7.90. The Morgan fingerprint density at radius 3 is 2.46 bits per heavy atom. The lowest BCUT2D eigenvalue weighted by molar-refractivity contribution is -0.126. The number of nitrogens with one attached hydrogen (secondary N) is 1. The van der Waals surface area contributed by atoms with Crippen LogP contribution in [0.25, 0.3) is 0 Å². The molecule has 1 aromatic rings. The number of carbonyl (C=O) groups is 2. The number of nitrogens with zero attached hydrogens (tertiary/aromatic N) is 2. The van der Waals surface area contributed by atoms with Crippen LogP contribution in [0.4, 0.5) is 4.79 Å². The van der Waals surface area contributed by atoms with E-state index in [9.17, 15) is 14.9 Å². The van der Waals surface area contributed by atoms with Gasteiger partial charge in [-0.25, -0.2) is 4.79 Å². The molecule has 1 aromatic carbocycles. The summed E-state index contributed by atoms with van der Waals surface area (Å²) in [5, 5.41) is 12.2. The topological polar surface area (TPSA) is 82.4 Å². The molecule has 2 atom stereocenters. The van der Waals surface area contributed by atoms with Gasteiger partial charge >= 0.3 is 6.09 Å². The number of hydrogen-bond acceptors (Lipinski definition) is 5. The lowest BCUT2D eigenvalue weighted by Crippen LogP contribution is -2.50. The van der Waals surface area contributed by atoms with E-state index in [4.69, 9.17) is 4.74 Å². The second-order valence-corrected chi connectivity index (χ2v) is 9.99. The molecule has 1 N–H and O–H groups in total. The van der Waals surface area contributed by atoms with Crippen LogP contribution < -0.4 is 5.32 Å². The molecule has 150 valence electrons. The highest BCUT2D eigenvalue weighted by molar-refractivity contribution is 8.00. The van der Waals surface area contributed by atoms with Crippen molar-refractivity contribution in [2.24, 2.45) is 0 Å². The molecule has 3 rings (SSSR count). The average Bonchev–Trinajstić information content (AvgIpc) is 3.25. The van der Waals surface area contributed by atoms with E-state index in [0.717, 1.165) is 4.90 Å². The van der Waals surface area contributed by atoms with Crippen LogP contribution in [0, 0.1) is 18.3 Å². The summed E-state index contributed by atoms with van der Waals surface area (Å²) in [5.41, 5.74) is -0.196. The van der Waals surface area contributed by atoms with E-state index >= 15 is 0 Å². The quantitative estimate of drug-likeness (QED) is 0.833. The van der Waals surface area contributed by atoms with E-state index in [0.29, 0.717) is 25.8 Å². The van der Waals surface area contributed by atoms with Crippen molar-refractivity contribution < 1.29 is 14.3 Å². The van der Waals surface area contributed by atoms with E-state index in [1.165, 1.54) is 10.5 Å². The van der Waals surface area contributed by atoms with E-state index in [2.05, 4.69) is 35.7 Å². The Kier molecular flexibility index (Phi) is 5.62. The molecule has 28 heavy (non-hydrogen) atoms. The summed E-state index contributed by atoms with van der Waals surface area (Å²) in [5.74, 6) is -0.267. The normalized spacial score (nSPS) is 23.0. The Hall–Kier alpha value is -2.20. The van der Waals surface area contributed by atoms with Gasteiger partial charge in [-0.05, 0) is 59.1 Å². The minimum Gasteiger partial charge on any atom is -0.444 e. The van der Waals surface area contributed by atoms with Gasteiger partial charge < -0.3 is 10.1 Å². The Balaban J connectivity index is 1.73. The zero-order valence-corrected chi connectivity index (χ0v) is 17.6. The first kappa shape index (κ1) is 20.5. The molecule has 7 heteroatoms. The summed E-state index contributed by atoms with van der Waals surface area (Å²) < 4.78 is 5.52. The van der Waals surface area contributed by atoms with Crippen molar-refractivity contribution in [2.45, 2.75) is 74.3 Å². The third-order valence-corrected chi connectivity index (χ3v) is 6.06. The van der Waals surface area contributed by atoms with E-state index in [-0.39, 0.29) is 11.2 Å². The van der Waals surface area contributed by atoms with Crippen LogP contribution in [-0.2, 0) is 9.53 Å². The average molecular weight is 402 g/mol. The van der Waals surface area contributed by atoms with Crippen molar-refractivity contribution >= 4 is 23.8 Å². The Bertz CT molecular complexity index is 791. The van der Waals surface area contributed by atoms with Gasteiger partial charge in [-0.3, -0.25) is 9.69 Å². The Morgan fingerprint density at radius 1 is 1.29 bits per heavy atom. The number of carbonyl (C=O) groups excluding carboxylic acids is 2. The molecule has 1 heterocycles. The van der Waals surface area contributed by atoms with Crippen LogP contribution in [0.3, 0.4) is 0 Å². The highest BCUT2D eigenvalue weighted by atomic mass is 32.2. The number of hydrogen-bond donors (Lipinski definition) is 1. The van der Waals surface area contributed by atoms with Gasteiger partial charge in [0.1, 0.15) is 17.2 Å². The SMILES string of the molecule is Cc1ccc(S[C@@H]2C[C@@H](C(=O)NC3(C#N)CC3)N(C(=O)OC(C)(C)C)C2)cc1. The molecule has 1 aliphatic heterocycles. The Morgan fingerprint density at radius 2 is 1.93 bits per heavy atom. The smallest absolute Gasteiger partial charge is 0.411 e. The van der Waals surface area contributed by atoms with Crippen molar-refractivity contribution in [3.63, 3.8) is 0 Å². The first-order valence-corrected chi connectivity index (χ1v) is 10.4. The van der Waals surface area contributed by atoms with Crippen LogP contribution in [-0.4, -0.2) is 45.9 Å². The fourth-order valence-corrected chi connectivity index (χ4v) is 4.36. The molecule has 0 spiro atoms. The van der Waals surface area contributed by atoms with Gasteiger partial charge in [0.05, 0.1) is 6.07 Å². The molecule has 6 nitrogen and oxygen atoms in total. The molecule has 0 bridgehead atoms. The molecule has 2 fully saturated rings. The monoisotopic (exact) mass is 401 g/mol. The van der Waals surface area contributed by atoms with Crippen molar-refractivity contribution in [3.05, 3.63) is 29.8 Å². The van der Waals surface area contributed by atoms with Crippen molar-refractivity contribution in [1.82, 2.24) is 10.2 Å². The van der Waals surface area contributed by atoms with Gasteiger partial charge in [-0.2, -0.15) is 5.26 Å². The number of amides is 2. The third-order valence-electron chi connectivity index (χ3n) is 4.84. The molecule has 0 unspecified atom stereocenters.